The average molecular weight is 319 g/mol. The van der Waals surface area contributed by atoms with Gasteiger partial charge in [-0.3, -0.25) is 0 Å². The molecule has 0 aliphatic carbocycles. The summed E-state index contributed by atoms with van der Waals surface area (Å²) in [6.45, 7) is 9.02. The van der Waals surface area contributed by atoms with Crippen LogP contribution in [0.4, 0.5) is 0 Å². The lowest BCUT2D eigenvalue weighted by Gasteiger charge is -2.19. The Hall–Kier alpha value is -0.430. The Balaban J connectivity index is 2.80. The maximum Gasteiger partial charge on any atom is 0.252 e. The van der Waals surface area contributed by atoms with E-state index in [2.05, 4.69) is 12.2 Å². The molecule has 0 aliphatic rings. The molecule has 20 heavy (non-hydrogen) atoms. The Bertz CT molecular complexity index is 477. The molecule has 0 aromatic carbocycles. The highest BCUT2D eigenvalue weighted by molar-refractivity contribution is 7.91. The first-order valence-corrected chi connectivity index (χ1v) is 9.61. The average Bonchev–Trinajstić information content (AvgIpc) is 2.88. The first kappa shape index (κ1) is 17.6. The largest absolute Gasteiger partial charge is 0.312 e. The van der Waals surface area contributed by atoms with E-state index < -0.39 is 10.0 Å². The van der Waals surface area contributed by atoms with Crippen molar-refractivity contribution in [2.45, 2.75) is 50.8 Å². The number of nitrogens with zero attached hydrogens (tertiary/aromatic N) is 1. The topological polar surface area (TPSA) is 49.4 Å². The molecular formula is C14H26N2O2S2. The highest BCUT2D eigenvalue weighted by Crippen LogP contribution is 2.25. The van der Waals surface area contributed by atoms with Gasteiger partial charge >= 0.3 is 0 Å². The minimum Gasteiger partial charge on any atom is -0.312 e. The first-order valence-electron chi connectivity index (χ1n) is 7.35. The third-order valence-corrected chi connectivity index (χ3v) is 6.35. The van der Waals surface area contributed by atoms with Crippen LogP contribution < -0.4 is 5.32 Å². The van der Waals surface area contributed by atoms with Crippen molar-refractivity contribution in [3.63, 3.8) is 0 Å². The van der Waals surface area contributed by atoms with Gasteiger partial charge in [0.2, 0.25) is 0 Å². The molecule has 116 valence electrons. The van der Waals surface area contributed by atoms with Gasteiger partial charge in [0, 0.05) is 24.5 Å². The maximum atomic E-state index is 12.6. The molecule has 0 atom stereocenters. The summed E-state index contributed by atoms with van der Waals surface area (Å²) in [6, 6.07) is 3.65. The number of hydrogen-bond acceptors (Lipinski definition) is 4. The minimum atomic E-state index is -3.31. The fourth-order valence-electron chi connectivity index (χ4n) is 1.96. The number of nitrogens with one attached hydrogen (secondary N) is 1. The fraction of sp³-hybridized carbons (Fsp3) is 0.714. The molecular weight excluding hydrogens is 292 g/mol. The van der Waals surface area contributed by atoms with Crippen molar-refractivity contribution >= 4 is 21.4 Å². The number of thiophene rings is 1. The van der Waals surface area contributed by atoms with Crippen molar-refractivity contribution in [2.24, 2.45) is 0 Å². The minimum absolute atomic E-state index is 0.465. The second-order valence-corrected chi connectivity index (χ2v) is 8.13. The third kappa shape index (κ3) is 4.84. The van der Waals surface area contributed by atoms with E-state index in [9.17, 15) is 8.42 Å². The van der Waals surface area contributed by atoms with E-state index >= 15 is 0 Å². The Kier molecular flexibility index (Phi) is 7.72. The molecule has 1 aromatic heterocycles. The fourth-order valence-corrected chi connectivity index (χ4v) is 5.06. The molecule has 0 saturated heterocycles. The highest BCUT2D eigenvalue weighted by atomic mass is 32.2. The Labute approximate surface area is 127 Å². The van der Waals surface area contributed by atoms with E-state index in [1.165, 1.54) is 11.3 Å². The smallest absolute Gasteiger partial charge is 0.252 e. The van der Waals surface area contributed by atoms with Crippen molar-refractivity contribution in [2.75, 3.05) is 19.6 Å². The van der Waals surface area contributed by atoms with Crippen LogP contribution in [0.2, 0.25) is 0 Å². The van der Waals surface area contributed by atoms with Gasteiger partial charge in [0.05, 0.1) is 0 Å². The molecule has 0 radical (unpaired) electrons. The molecule has 1 aromatic rings. The SMILES string of the molecule is CCCNCc1ccc(S(=O)(=O)N(CCC)CCC)s1. The lowest BCUT2D eigenvalue weighted by atomic mass is 10.4. The normalized spacial score (nSPS) is 12.2. The number of sulfonamides is 1. The third-order valence-electron chi connectivity index (χ3n) is 2.90. The highest BCUT2D eigenvalue weighted by Gasteiger charge is 2.24. The molecule has 0 amide bonds. The molecule has 1 N–H and O–H groups in total. The molecule has 4 nitrogen and oxygen atoms in total. The molecule has 1 heterocycles. The molecule has 0 fully saturated rings. The van der Waals surface area contributed by atoms with Crippen LogP contribution in [0.25, 0.3) is 0 Å². The van der Waals surface area contributed by atoms with E-state index in [1.807, 2.05) is 19.9 Å². The monoisotopic (exact) mass is 318 g/mol. The zero-order chi connectivity index (χ0) is 15.0. The lowest BCUT2D eigenvalue weighted by Crippen LogP contribution is -2.32. The first-order chi connectivity index (χ1) is 9.56. The molecule has 0 saturated carbocycles. The van der Waals surface area contributed by atoms with Gasteiger partial charge in [0.1, 0.15) is 4.21 Å². The summed E-state index contributed by atoms with van der Waals surface area (Å²) in [5, 5.41) is 3.30. The van der Waals surface area contributed by atoms with Gasteiger partial charge in [-0.15, -0.1) is 11.3 Å². The van der Waals surface area contributed by atoms with Crippen molar-refractivity contribution in [1.82, 2.24) is 9.62 Å². The zero-order valence-electron chi connectivity index (χ0n) is 12.7. The van der Waals surface area contributed by atoms with Crippen LogP contribution in [0.15, 0.2) is 16.3 Å². The standard InChI is InChI=1S/C14H26N2O2S2/c1-4-9-15-12-13-7-8-14(19-13)20(17,18)16(10-5-2)11-6-3/h7-8,15H,4-6,9-12H2,1-3H3. The Morgan fingerprint density at radius 3 is 2.30 bits per heavy atom. The van der Waals surface area contributed by atoms with E-state index in [1.54, 1.807) is 10.4 Å². The molecule has 6 heteroatoms. The second-order valence-electron chi connectivity index (χ2n) is 4.80. The van der Waals surface area contributed by atoms with Crippen LogP contribution in [0.1, 0.15) is 44.9 Å². The number of rotatable bonds is 10. The van der Waals surface area contributed by atoms with Gasteiger partial charge in [-0.25, -0.2) is 8.42 Å². The van der Waals surface area contributed by atoms with E-state index in [4.69, 9.17) is 0 Å². The summed E-state index contributed by atoms with van der Waals surface area (Å²) in [4.78, 5) is 1.07. The van der Waals surface area contributed by atoms with Crippen LogP contribution in [-0.2, 0) is 16.6 Å². The molecule has 0 unspecified atom stereocenters. The summed E-state index contributed by atoms with van der Waals surface area (Å²) >= 11 is 1.38. The van der Waals surface area contributed by atoms with E-state index in [-0.39, 0.29) is 0 Å². The predicted molar refractivity (Wildman–Crippen MR) is 85.7 cm³/mol. The van der Waals surface area contributed by atoms with Gasteiger partial charge in [-0.05, 0) is 37.9 Å². The lowest BCUT2D eigenvalue weighted by molar-refractivity contribution is 0.411. The van der Waals surface area contributed by atoms with Gasteiger partial charge < -0.3 is 5.32 Å². The van der Waals surface area contributed by atoms with Gasteiger partial charge in [-0.2, -0.15) is 4.31 Å². The van der Waals surface area contributed by atoms with Crippen LogP contribution >= 0.6 is 11.3 Å². The molecule has 0 aliphatic heterocycles. The van der Waals surface area contributed by atoms with Crippen molar-refractivity contribution < 1.29 is 8.42 Å². The van der Waals surface area contributed by atoms with Crippen LogP contribution in [0, 0.1) is 0 Å². The van der Waals surface area contributed by atoms with Gasteiger partial charge in [-0.1, -0.05) is 20.8 Å². The van der Waals surface area contributed by atoms with Crippen LogP contribution in [-0.4, -0.2) is 32.4 Å². The maximum absolute atomic E-state index is 12.6. The summed E-state index contributed by atoms with van der Waals surface area (Å²) in [6.07, 6.45) is 2.77. The summed E-state index contributed by atoms with van der Waals surface area (Å²) < 4.78 is 27.2. The predicted octanol–water partition coefficient (Wildman–Crippen LogP) is 3.06. The Morgan fingerprint density at radius 2 is 1.75 bits per heavy atom. The van der Waals surface area contributed by atoms with Gasteiger partial charge in [0.25, 0.3) is 10.0 Å². The number of hydrogen-bond donors (Lipinski definition) is 1. The zero-order valence-corrected chi connectivity index (χ0v) is 14.3. The van der Waals surface area contributed by atoms with Gasteiger partial charge in [0.15, 0.2) is 0 Å². The molecule has 0 bridgehead atoms. The Morgan fingerprint density at radius 1 is 1.10 bits per heavy atom. The summed E-state index contributed by atoms with van der Waals surface area (Å²) in [5.41, 5.74) is 0. The molecule has 1 rings (SSSR count). The quantitative estimate of drug-likeness (QED) is 0.675. The summed E-state index contributed by atoms with van der Waals surface area (Å²) in [7, 11) is -3.31. The van der Waals surface area contributed by atoms with E-state index in [0.717, 1.165) is 37.2 Å². The van der Waals surface area contributed by atoms with Crippen molar-refractivity contribution in [1.29, 1.82) is 0 Å². The second kappa shape index (κ2) is 8.77. The van der Waals surface area contributed by atoms with Crippen LogP contribution in [0.5, 0.6) is 0 Å². The van der Waals surface area contributed by atoms with Crippen LogP contribution in [0.3, 0.4) is 0 Å². The van der Waals surface area contributed by atoms with Crippen molar-refractivity contribution in [3.05, 3.63) is 17.0 Å². The summed E-state index contributed by atoms with van der Waals surface area (Å²) in [5.74, 6) is 0. The molecule has 0 spiro atoms. The van der Waals surface area contributed by atoms with Crippen molar-refractivity contribution in [3.8, 4) is 0 Å². The van der Waals surface area contributed by atoms with E-state index in [0.29, 0.717) is 17.3 Å².